The van der Waals surface area contributed by atoms with Crippen molar-refractivity contribution in [3.8, 4) is 0 Å². The number of nitrogens with one attached hydrogen (secondary N) is 1. The molecule has 3 N–H and O–H groups in total. The van der Waals surface area contributed by atoms with Crippen LogP contribution in [0.3, 0.4) is 0 Å². The molecule has 18 heavy (non-hydrogen) atoms. The molecule has 1 amide bonds. The maximum absolute atomic E-state index is 11.8. The van der Waals surface area contributed by atoms with Gasteiger partial charge in [-0.25, -0.2) is 4.79 Å². The number of ether oxygens (including phenoxy) is 1. The summed E-state index contributed by atoms with van der Waals surface area (Å²) in [7, 11) is 0. The zero-order valence-corrected chi connectivity index (χ0v) is 11.7. The zero-order valence-electron chi connectivity index (χ0n) is 11.7. The van der Waals surface area contributed by atoms with Crippen molar-refractivity contribution in [3.05, 3.63) is 0 Å². The summed E-state index contributed by atoms with van der Waals surface area (Å²) in [5.41, 5.74) is 5.71. The van der Waals surface area contributed by atoms with Gasteiger partial charge in [-0.2, -0.15) is 0 Å². The van der Waals surface area contributed by atoms with E-state index in [1.807, 2.05) is 20.8 Å². The summed E-state index contributed by atoms with van der Waals surface area (Å²) < 4.78 is 5.05. The summed E-state index contributed by atoms with van der Waals surface area (Å²) in [6, 6.07) is -1.12. The van der Waals surface area contributed by atoms with Gasteiger partial charge < -0.3 is 15.8 Å². The predicted molar refractivity (Wildman–Crippen MR) is 71.0 cm³/mol. The highest BCUT2D eigenvalue weighted by atomic mass is 16.5. The SMILES string of the molecule is CCCOC(=O)[C@H](CCC)NC(=O)[C@@H](N)CCC. The molecule has 0 aliphatic rings. The minimum Gasteiger partial charge on any atom is -0.464 e. The number of hydrogen-bond acceptors (Lipinski definition) is 4. The summed E-state index contributed by atoms with van der Waals surface area (Å²) in [4.78, 5) is 23.5. The molecule has 0 unspecified atom stereocenters. The van der Waals surface area contributed by atoms with Gasteiger partial charge in [-0.15, -0.1) is 0 Å². The quantitative estimate of drug-likeness (QED) is 0.612. The Labute approximate surface area is 109 Å². The number of rotatable bonds is 9. The maximum atomic E-state index is 11.8. The van der Waals surface area contributed by atoms with Gasteiger partial charge in [0.1, 0.15) is 6.04 Å². The Morgan fingerprint density at radius 3 is 2.22 bits per heavy atom. The predicted octanol–water partition coefficient (Wildman–Crippen LogP) is 1.35. The van der Waals surface area contributed by atoms with Crippen LogP contribution in [0.1, 0.15) is 52.9 Å². The smallest absolute Gasteiger partial charge is 0.328 e. The molecule has 5 nitrogen and oxygen atoms in total. The average molecular weight is 258 g/mol. The van der Waals surface area contributed by atoms with E-state index < -0.39 is 12.1 Å². The molecule has 0 aromatic rings. The lowest BCUT2D eigenvalue weighted by atomic mass is 10.1. The molecule has 0 aliphatic heterocycles. The lowest BCUT2D eigenvalue weighted by Crippen LogP contribution is -2.48. The molecule has 0 bridgehead atoms. The van der Waals surface area contributed by atoms with Crippen molar-refractivity contribution in [2.24, 2.45) is 5.73 Å². The largest absolute Gasteiger partial charge is 0.464 e. The molecule has 5 heteroatoms. The van der Waals surface area contributed by atoms with Gasteiger partial charge in [-0.05, 0) is 19.3 Å². The first-order valence-electron chi connectivity index (χ1n) is 6.79. The third-order valence-corrected chi connectivity index (χ3v) is 2.56. The van der Waals surface area contributed by atoms with Crippen LogP contribution in [-0.4, -0.2) is 30.6 Å². The molecule has 0 aromatic heterocycles. The molecule has 0 saturated carbocycles. The molecular weight excluding hydrogens is 232 g/mol. The zero-order chi connectivity index (χ0) is 14.0. The Bertz CT molecular complexity index is 255. The van der Waals surface area contributed by atoms with E-state index in [1.54, 1.807) is 0 Å². The van der Waals surface area contributed by atoms with Crippen molar-refractivity contribution in [1.82, 2.24) is 5.32 Å². The molecule has 0 radical (unpaired) electrons. The van der Waals surface area contributed by atoms with Crippen LogP contribution in [-0.2, 0) is 14.3 Å². The van der Waals surface area contributed by atoms with E-state index in [0.717, 1.165) is 19.3 Å². The van der Waals surface area contributed by atoms with Crippen LogP contribution in [0.4, 0.5) is 0 Å². The molecule has 0 heterocycles. The van der Waals surface area contributed by atoms with Crippen molar-refractivity contribution in [1.29, 1.82) is 0 Å². The van der Waals surface area contributed by atoms with E-state index >= 15 is 0 Å². The van der Waals surface area contributed by atoms with E-state index in [9.17, 15) is 9.59 Å². The van der Waals surface area contributed by atoms with Crippen LogP contribution in [0.25, 0.3) is 0 Å². The second-order valence-electron chi connectivity index (χ2n) is 4.41. The molecule has 0 aromatic carbocycles. The fraction of sp³-hybridized carbons (Fsp3) is 0.846. The van der Waals surface area contributed by atoms with E-state index in [2.05, 4.69) is 5.32 Å². The van der Waals surface area contributed by atoms with Gasteiger partial charge in [0, 0.05) is 0 Å². The Morgan fingerprint density at radius 1 is 1.11 bits per heavy atom. The number of carbonyl (C=O) groups is 2. The summed E-state index contributed by atoms with van der Waals surface area (Å²) in [5.74, 6) is -0.639. The molecule has 0 spiro atoms. The second-order valence-corrected chi connectivity index (χ2v) is 4.41. The second kappa shape index (κ2) is 9.88. The first-order chi connectivity index (χ1) is 8.56. The fourth-order valence-corrected chi connectivity index (χ4v) is 1.56. The lowest BCUT2D eigenvalue weighted by Gasteiger charge is -2.19. The number of hydrogen-bond donors (Lipinski definition) is 2. The normalized spacial score (nSPS) is 13.8. The topological polar surface area (TPSA) is 81.4 Å². The highest BCUT2D eigenvalue weighted by Gasteiger charge is 2.23. The van der Waals surface area contributed by atoms with E-state index in [1.165, 1.54) is 0 Å². The fourth-order valence-electron chi connectivity index (χ4n) is 1.56. The van der Waals surface area contributed by atoms with Crippen LogP contribution in [0.5, 0.6) is 0 Å². The first kappa shape index (κ1) is 16.9. The van der Waals surface area contributed by atoms with Crippen LogP contribution in [0, 0.1) is 0 Å². The molecular formula is C13H26N2O3. The summed E-state index contributed by atoms with van der Waals surface area (Å²) >= 11 is 0. The highest BCUT2D eigenvalue weighted by Crippen LogP contribution is 2.02. The summed E-state index contributed by atoms with van der Waals surface area (Å²) in [6.45, 7) is 6.23. The third kappa shape index (κ3) is 6.59. The van der Waals surface area contributed by atoms with Crippen LogP contribution < -0.4 is 11.1 Å². The van der Waals surface area contributed by atoms with Gasteiger partial charge in [-0.1, -0.05) is 33.6 Å². The standard InChI is InChI=1S/C13H26N2O3/c1-4-7-10(14)12(16)15-11(8-5-2)13(17)18-9-6-3/h10-11H,4-9,14H2,1-3H3,(H,15,16)/t10-,11-/m0/s1. The van der Waals surface area contributed by atoms with Gasteiger partial charge in [0.25, 0.3) is 0 Å². The van der Waals surface area contributed by atoms with E-state index in [-0.39, 0.29) is 11.9 Å². The van der Waals surface area contributed by atoms with Gasteiger partial charge in [-0.3, -0.25) is 4.79 Å². The van der Waals surface area contributed by atoms with Crippen molar-refractivity contribution in [3.63, 3.8) is 0 Å². The lowest BCUT2D eigenvalue weighted by molar-refractivity contribution is -0.148. The summed E-state index contributed by atoms with van der Waals surface area (Å²) in [5, 5.41) is 2.67. The molecule has 0 fully saturated rings. The number of carbonyl (C=O) groups excluding carboxylic acids is 2. The number of nitrogens with two attached hydrogens (primary N) is 1. The number of esters is 1. The Morgan fingerprint density at radius 2 is 1.72 bits per heavy atom. The van der Waals surface area contributed by atoms with E-state index in [0.29, 0.717) is 19.4 Å². The van der Waals surface area contributed by atoms with Crippen LogP contribution >= 0.6 is 0 Å². The first-order valence-corrected chi connectivity index (χ1v) is 6.79. The Balaban J connectivity index is 4.33. The van der Waals surface area contributed by atoms with Gasteiger partial charge in [0.05, 0.1) is 12.6 Å². The van der Waals surface area contributed by atoms with Crippen molar-refractivity contribution >= 4 is 11.9 Å². The van der Waals surface area contributed by atoms with Crippen LogP contribution in [0.15, 0.2) is 0 Å². The van der Waals surface area contributed by atoms with Crippen molar-refractivity contribution in [2.75, 3.05) is 6.61 Å². The van der Waals surface area contributed by atoms with Gasteiger partial charge in [0.15, 0.2) is 0 Å². The minimum atomic E-state index is -0.572. The average Bonchev–Trinajstić information content (AvgIpc) is 2.35. The van der Waals surface area contributed by atoms with Crippen molar-refractivity contribution in [2.45, 2.75) is 65.0 Å². The monoisotopic (exact) mass is 258 g/mol. The molecule has 0 saturated heterocycles. The third-order valence-electron chi connectivity index (χ3n) is 2.56. The van der Waals surface area contributed by atoms with Crippen LogP contribution in [0.2, 0.25) is 0 Å². The maximum Gasteiger partial charge on any atom is 0.328 e. The highest BCUT2D eigenvalue weighted by molar-refractivity contribution is 5.87. The molecule has 106 valence electrons. The molecule has 2 atom stereocenters. The van der Waals surface area contributed by atoms with Gasteiger partial charge in [0.2, 0.25) is 5.91 Å². The summed E-state index contributed by atoms with van der Waals surface area (Å²) in [6.07, 6.45) is 3.61. The Hall–Kier alpha value is -1.10. The molecule has 0 rings (SSSR count). The van der Waals surface area contributed by atoms with E-state index in [4.69, 9.17) is 10.5 Å². The van der Waals surface area contributed by atoms with Gasteiger partial charge >= 0.3 is 5.97 Å². The number of amides is 1. The molecule has 0 aliphatic carbocycles. The minimum absolute atomic E-state index is 0.274. The van der Waals surface area contributed by atoms with Crippen molar-refractivity contribution < 1.29 is 14.3 Å². The Kier molecular flexibility index (Phi) is 9.28.